The normalized spacial score (nSPS) is 13.9. The molecule has 2 aromatic rings. The van der Waals surface area contributed by atoms with Crippen molar-refractivity contribution < 1.29 is 22.9 Å². The Hall–Kier alpha value is -5.04. The van der Waals surface area contributed by atoms with E-state index in [4.69, 9.17) is 10.5 Å². The molecule has 0 aliphatic heterocycles. The number of hydrogen-bond donors (Lipinski definition) is 4. The predicted molar refractivity (Wildman–Crippen MR) is 227 cm³/mol. The number of nitrogens with zero attached hydrogens (tertiary/aromatic N) is 3. The molecular weight excluding hydrogens is 706 g/mol. The maximum Gasteiger partial charge on any atom is 0.213 e. The van der Waals surface area contributed by atoms with Crippen molar-refractivity contribution in [2.75, 3.05) is 24.9 Å². The Morgan fingerprint density at radius 3 is 2.41 bits per heavy atom. The Morgan fingerprint density at radius 1 is 1.19 bits per heavy atom. The zero-order valence-electron chi connectivity index (χ0n) is 34.1. The van der Waals surface area contributed by atoms with E-state index in [1.54, 1.807) is 43.6 Å². The number of allylic oxidation sites excluding steroid dienone is 9. The van der Waals surface area contributed by atoms with Gasteiger partial charge in [-0.1, -0.05) is 71.4 Å². The number of aryl methyl sites for hydroxylation is 2. The summed E-state index contributed by atoms with van der Waals surface area (Å²) >= 11 is 0. The van der Waals surface area contributed by atoms with Gasteiger partial charge < -0.3 is 25.5 Å². The lowest BCUT2D eigenvalue weighted by Gasteiger charge is -2.15. The molecule has 0 spiro atoms. The summed E-state index contributed by atoms with van der Waals surface area (Å²) in [6.45, 7) is 18.0. The van der Waals surface area contributed by atoms with Crippen LogP contribution in [0, 0.1) is 13.8 Å². The van der Waals surface area contributed by atoms with Crippen molar-refractivity contribution in [3.8, 4) is 5.88 Å². The third-order valence-electron chi connectivity index (χ3n) is 7.14. The van der Waals surface area contributed by atoms with Gasteiger partial charge in [0.05, 0.1) is 25.2 Å². The molecule has 0 bridgehead atoms. The van der Waals surface area contributed by atoms with E-state index in [1.807, 2.05) is 72.8 Å². The van der Waals surface area contributed by atoms with E-state index in [9.17, 15) is 18.2 Å². The molecule has 1 aliphatic carbocycles. The van der Waals surface area contributed by atoms with Crippen molar-refractivity contribution >= 4 is 47.7 Å². The summed E-state index contributed by atoms with van der Waals surface area (Å²) in [5, 5.41) is 10.7. The molecule has 3 rings (SSSR count). The summed E-state index contributed by atoms with van der Waals surface area (Å²) in [5.74, 6) is 1.00. The van der Waals surface area contributed by atoms with E-state index >= 15 is 0 Å². The van der Waals surface area contributed by atoms with Crippen molar-refractivity contribution in [3.63, 3.8) is 0 Å². The zero-order valence-corrected chi connectivity index (χ0v) is 34.9. The number of carbonyl (C=O) groups excluding carboxylic acids is 2. The van der Waals surface area contributed by atoms with Crippen LogP contribution in [0.15, 0.2) is 83.2 Å². The lowest BCUT2D eigenvalue weighted by Crippen LogP contribution is -2.26. The van der Waals surface area contributed by atoms with Gasteiger partial charge in [-0.25, -0.2) is 13.6 Å². The molecule has 5 N–H and O–H groups in total. The van der Waals surface area contributed by atoms with Crippen LogP contribution in [-0.4, -0.2) is 59.0 Å². The fourth-order valence-corrected chi connectivity index (χ4v) is 4.81. The Balaban J connectivity index is 0. The second kappa shape index (κ2) is 32.6. The van der Waals surface area contributed by atoms with Crippen molar-refractivity contribution in [1.82, 2.24) is 20.0 Å². The number of anilines is 1. The van der Waals surface area contributed by atoms with Gasteiger partial charge in [0.1, 0.15) is 16.8 Å². The van der Waals surface area contributed by atoms with Gasteiger partial charge in [-0.3, -0.25) is 14.6 Å². The van der Waals surface area contributed by atoms with Gasteiger partial charge in [0.2, 0.25) is 12.3 Å². The quantitative estimate of drug-likeness (QED) is 0.0728. The maximum atomic E-state index is 12.2. The van der Waals surface area contributed by atoms with Crippen LogP contribution in [0.1, 0.15) is 85.4 Å². The van der Waals surface area contributed by atoms with E-state index in [0.29, 0.717) is 36.0 Å². The molecule has 0 radical (unpaired) electrons. The van der Waals surface area contributed by atoms with Crippen LogP contribution in [-0.2, 0) is 20.6 Å². The van der Waals surface area contributed by atoms with Gasteiger partial charge in [0.25, 0.3) is 0 Å². The minimum atomic E-state index is -1.01. The third kappa shape index (κ3) is 22.8. The number of aromatic amines is 1. The average molecular weight is 770 g/mol. The van der Waals surface area contributed by atoms with Crippen LogP contribution >= 0.6 is 0 Å². The molecule has 1 aliphatic rings. The lowest BCUT2D eigenvalue weighted by atomic mass is 10.1. The van der Waals surface area contributed by atoms with Crippen LogP contribution < -0.4 is 36.1 Å². The molecule has 2 unspecified atom stereocenters. The third-order valence-corrected chi connectivity index (χ3v) is 8.13. The number of hydrogen-bond acceptors (Lipinski definition) is 8. The number of H-pyrrole nitrogens is 1. The Morgan fingerprint density at radius 2 is 1.89 bits per heavy atom. The molecule has 11 nitrogen and oxygen atoms in total. The first-order valence-electron chi connectivity index (χ1n) is 18.2. The molecule has 13 heteroatoms. The van der Waals surface area contributed by atoms with Crippen molar-refractivity contribution in [1.29, 1.82) is 0 Å². The summed E-state index contributed by atoms with van der Waals surface area (Å²) in [5.41, 5.74) is 9.32. The molecule has 2 atom stereocenters. The fourth-order valence-electron chi connectivity index (χ4n) is 4.23. The molecule has 2 heterocycles. The van der Waals surface area contributed by atoms with Crippen molar-refractivity contribution in [3.05, 3.63) is 99.9 Å². The number of amides is 1. The van der Waals surface area contributed by atoms with E-state index in [2.05, 4.69) is 51.1 Å². The first-order valence-corrected chi connectivity index (χ1v) is 19.5. The van der Waals surface area contributed by atoms with Crippen molar-refractivity contribution in [2.24, 2.45) is 10.8 Å². The summed E-state index contributed by atoms with van der Waals surface area (Å²) in [6.07, 6.45) is 24.0. The number of rotatable bonds is 14. The number of carbonyl (C=O) groups is 2. The summed E-state index contributed by atoms with van der Waals surface area (Å²) in [4.78, 5) is 27.9. The highest BCUT2D eigenvalue weighted by molar-refractivity contribution is 7.83. The number of ether oxygens (including phenoxy) is 1. The van der Waals surface area contributed by atoms with Gasteiger partial charge in [-0.15, -0.1) is 0 Å². The van der Waals surface area contributed by atoms with E-state index in [-0.39, 0.29) is 5.83 Å². The van der Waals surface area contributed by atoms with Gasteiger partial charge in [0.15, 0.2) is 6.29 Å². The van der Waals surface area contributed by atoms with Crippen LogP contribution in [0.4, 0.5) is 10.1 Å². The Labute approximate surface area is 325 Å². The molecule has 2 aromatic heterocycles. The fraction of sp³-hybridized carbons (Fsp3) is 0.415. The number of methoxy groups -OCH3 is 1. The highest BCUT2D eigenvalue weighted by atomic mass is 32.2. The smallest absolute Gasteiger partial charge is 0.213 e. The second-order valence-electron chi connectivity index (χ2n) is 11.1. The number of nitrogens with one attached hydrogen (secondary N) is 3. The molecule has 0 saturated heterocycles. The van der Waals surface area contributed by atoms with Gasteiger partial charge >= 0.3 is 0 Å². The molecule has 54 heavy (non-hydrogen) atoms. The van der Waals surface area contributed by atoms with E-state index in [0.717, 1.165) is 58.9 Å². The Kier molecular flexibility index (Phi) is 30.8. The number of nitrogens with two attached hydrogens (primary N) is 1. The molecule has 0 fully saturated rings. The van der Waals surface area contributed by atoms with Gasteiger partial charge in [-0.05, 0) is 82.0 Å². The number of aldehydes is 1. The number of hydrazone groups is 1. The number of halogens is 1. The lowest BCUT2D eigenvalue weighted by molar-refractivity contribution is -0.110. The van der Waals surface area contributed by atoms with Crippen LogP contribution in [0.2, 0.25) is 0 Å². The summed E-state index contributed by atoms with van der Waals surface area (Å²) in [6, 6.07) is 4.30. The summed E-state index contributed by atoms with van der Waals surface area (Å²) < 4.78 is 31.6. The molecule has 300 valence electrons. The predicted octanol–water partition coefficient (Wildman–Crippen LogP) is 6.64. The van der Waals surface area contributed by atoms with Gasteiger partial charge in [0, 0.05) is 53.4 Å². The van der Waals surface area contributed by atoms with Gasteiger partial charge in [-0.2, -0.15) is 5.10 Å². The Bertz CT molecular complexity index is 1690. The highest BCUT2D eigenvalue weighted by Crippen LogP contribution is 2.21. The maximum absolute atomic E-state index is 12.2. The molecular formula is C41H64FN7O4S. The first kappa shape index (κ1) is 51.1. The minimum Gasteiger partial charge on any atom is -0.481 e. The topological polar surface area (TPSA) is 155 Å². The monoisotopic (exact) mass is 769 g/mol. The van der Waals surface area contributed by atoms with E-state index in [1.165, 1.54) is 18.5 Å². The number of pyridine rings is 1. The zero-order chi connectivity index (χ0) is 41.3. The van der Waals surface area contributed by atoms with Crippen molar-refractivity contribution in [2.45, 2.75) is 94.0 Å². The van der Waals surface area contributed by atoms with E-state index < -0.39 is 11.0 Å². The standard InChI is InChI=1S/C13H20N2OS.C12H16N4O2.C7H7F.C7H15NO.C2H6/c1-5-11-8-10(4)14-13(11)9-12(6-2)15-17(16)7-3;1-9-4-12(18-3)14-7-11(9)16(2)15-6-10(5-13)8-17;8-7-5-3-1-2-4-6-7;1-3-5-7(4-2)8-6-9;1-2/h5-6,8-9,14-15H,7H2,1-4H3;4-8H,13H2,1-3H3;1-3,5-6H,4H2;6-7H,3-5H2,1-2H3,(H,8,9);1-2H3/b11-5-,12-6-,13-9+;10-5-,15-6-;;;. The highest BCUT2D eigenvalue weighted by Gasteiger charge is 2.06. The SMILES string of the molecule is C/C=C(/C=c1/[nH]c(C)c/c1=C/C)NS(=O)CC.CC.CCCC(CC)NC=O.COc1cc(C)c(N(C)/N=C\C(C=O)=C\N)cn1.FC1=CCC=CC=C1. The van der Waals surface area contributed by atoms with Crippen LogP contribution in [0.5, 0.6) is 5.88 Å². The number of aromatic nitrogens is 2. The average Bonchev–Trinajstić information content (AvgIpc) is 3.37. The second-order valence-corrected chi connectivity index (χ2v) is 12.6. The van der Waals surface area contributed by atoms with Crippen LogP contribution in [0.3, 0.4) is 0 Å². The minimum absolute atomic E-state index is 0.144. The molecule has 0 saturated carbocycles. The molecule has 1 amide bonds. The first-order chi connectivity index (χ1) is 26.0. The van der Waals surface area contributed by atoms with Crippen LogP contribution in [0.25, 0.3) is 12.2 Å². The largest absolute Gasteiger partial charge is 0.481 e. The summed E-state index contributed by atoms with van der Waals surface area (Å²) in [7, 11) is 2.31. The molecule has 0 aromatic carbocycles.